The molecular formula is C15H32N2O. The molecule has 0 saturated heterocycles. The first-order valence-electron chi connectivity index (χ1n) is 7.63. The Hall–Kier alpha value is -0.120. The number of nitrogens with zero attached hydrogens (tertiary/aromatic N) is 1. The summed E-state index contributed by atoms with van der Waals surface area (Å²) in [5.41, 5.74) is -0.0264. The van der Waals surface area contributed by atoms with Gasteiger partial charge in [0.2, 0.25) is 0 Å². The molecule has 3 atom stereocenters. The second-order valence-corrected chi connectivity index (χ2v) is 6.17. The molecule has 0 aromatic heterocycles. The first kappa shape index (κ1) is 15.9. The molecule has 3 heteroatoms. The monoisotopic (exact) mass is 256 g/mol. The van der Waals surface area contributed by atoms with Crippen LogP contribution in [0.3, 0.4) is 0 Å². The van der Waals surface area contributed by atoms with Crippen LogP contribution in [0, 0.1) is 5.92 Å². The third-order valence-electron chi connectivity index (χ3n) is 4.59. The van der Waals surface area contributed by atoms with Crippen molar-refractivity contribution < 1.29 is 5.11 Å². The minimum atomic E-state index is -0.0264. The van der Waals surface area contributed by atoms with Crippen LogP contribution >= 0.6 is 0 Å². The molecule has 1 saturated carbocycles. The summed E-state index contributed by atoms with van der Waals surface area (Å²) in [6.07, 6.45) is 5.95. The number of hydrogen-bond donors (Lipinski definition) is 2. The summed E-state index contributed by atoms with van der Waals surface area (Å²) in [5.74, 6) is 0.764. The predicted molar refractivity (Wildman–Crippen MR) is 77.8 cm³/mol. The Morgan fingerprint density at radius 3 is 2.72 bits per heavy atom. The van der Waals surface area contributed by atoms with Gasteiger partial charge in [-0.25, -0.2) is 0 Å². The Morgan fingerprint density at radius 1 is 1.44 bits per heavy atom. The van der Waals surface area contributed by atoms with Crippen molar-refractivity contribution in [2.24, 2.45) is 5.92 Å². The highest BCUT2D eigenvalue weighted by Gasteiger charge is 2.36. The molecule has 1 aliphatic carbocycles. The summed E-state index contributed by atoms with van der Waals surface area (Å²) in [6, 6.07) is 0.624. The number of aliphatic hydroxyl groups excluding tert-OH is 1. The summed E-state index contributed by atoms with van der Waals surface area (Å²) in [5, 5.41) is 13.2. The van der Waals surface area contributed by atoms with Crippen LogP contribution in [0.4, 0.5) is 0 Å². The zero-order valence-electron chi connectivity index (χ0n) is 12.7. The minimum absolute atomic E-state index is 0.0264. The maximum Gasteiger partial charge on any atom is 0.0613 e. The molecule has 0 bridgehead atoms. The summed E-state index contributed by atoms with van der Waals surface area (Å²) >= 11 is 0. The highest BCUT2D eigenvalue weighted by molar-refractivity contribution is 4.95. The summed E-state index contributed by atoms with van der Waals surface area (Å²) in [6.45, 7) is 9.11. The van der Waals surface area contributed by atoms with Crippen molar-refractivity contribution in [2.45, 2.75) is 64.5 Å². The molecular weight excluding hydrogens is 224 g/mol. The first-order valence-corrected chi connectivity index (χ1v) is 7.63. The van der Waals surface area contributed by atoms with Crippen LogP contribution in [-0.4, -0.2) is 48.3 Å². The normalized spacial score (nSPS) is 30.7. The molecule has 108 valence electrons. The number of aliphatic hydroxyl groups is 1. The van der Waals surface area contributed by atoms with Crippen molar-refractivity contribution in [3.8, 4) is 0 Å². The summed E-state index contributed by atoms with van der Waals surface area (Å²) in [7, 11) is 2.25. The van der Waals surface area contributed by atoms with Crippen LogP contribution < -0.4 is 5.32 Å². The molecule has 2 N–H and O–H groups in total. The Morgan fingerprint density at radius 2 is 2.17 bits per heavy atom. The van der Waals surface area contributed by atoms with Gasteiger partial charge < -0.3 is 15.3 Å². The van der Waals surface area contributed by atoms with Gasteiger partial charge in [0, 0.05) is 18.1 Å². The van der Waals surface area contributed by atoms with E-state index in [9.17, 15) is 5.11 Å². The van der Waals surface area contributed by atoms with Crippen molar-refractivity contribution in [3.63, 3.8) is 0 Å². The van der Waals surface area contributed by atoms with Gasteiger partial charge in [0.1, 0.15) is 0 Å². The van der Waals surface area contributed by atoms with Gasteiger partial charge in [0.25, 0.3) is 0 Å². The van der Waals surface area contributed by atoms with Gasteiger partial charge in [-0.2, -0.15) is 0 Å². The zero-order valence-corrected chi connectivity index (χ0v) is 12.7. The molecule has 0 heterocycles. The van der Waals surface area contributed by atoms with Gasteiger partial charge in [-0.3, -0.25) is 0 Å². The fourth-order valence-corrected chi connectivity index (χ4v) is 3.21. The lowest BCUT2D eigenvalue weighted by atomic mass is 9.78. The van der Waals surface area contributed by atoms with Crippen molar-refractivity contribution in [3.05, 3.63) is 0 Å². The van der Waals surface area contributed by atoms with Gasteiger partial charge in [-0.15, -0.1) is 0 Å². The van der Waals surface area contributed by atoms with Gasteiger partial charge in [0.05, 0.1) is 6.61 Å². The Labute approximate surface area is 113 Å². The van der Waals surface area contributed by atoms with Crippen molar-refractivity contribution in [2.75, 3.05) is 26.7 Å². The lowest BCUT2D eigenvalue weighted by Gasteiger charge is -2.44. The molecule has 3 unspecified atom stereocenters. The Balaban J connectivity index is 2.56. The van der Waals surface area contributed by atoms with Crippen LogP contribution in [0.2, 0.25) is 0 Å². The average molecular weight is 256 g/mol. The molecule has 0 spiro atoms. The largest absolute Gasteiger partial charge is 0.394 e. The van der Waals surface area contributed by atoms with E-state index in [4.69, 9.17) is 0 Å². The first-order chi connectivity index (χ1) is 8.56. The maximum absolute atomic E-state index is 9.72. The molecule has 1 rings (SSSR count). The smallest absolute Gasteiger partial charge is 0.0613 e. The SMILES string of the molecule is CCNC1(CO)CCCC(N(C)CC(C)CC)C1. The minimum Gasteiger partial charge on any atom is -0.394 e. The molecule has 0 radical (unpaired) electrons. The second kappa shape index (κ2) is 7.46. The quantitative estimate of drug-likeness (QED) is 0.733. The third kappa shape index (κ3) is 4.22. The van der Waals surface area contributed by atoms with Gasteiger partial charge >= 0.3 is 0 Å². The predicted octanol–water partition coefficient (Wildman–Crippen LogP) is 2.25. The van der Waals surface area contributed by atoms with Crippen molar-refractivity contribution >= 4 is 0 Å². The molecule has 0 aromatic carbocycles. The van der Waals surface area contributed by atoms with Gasteiger partial charge in [-0.1, -0.05) is 27.2 Å². The summed E-state index contributed by atoms with van der Waals surface area (Å²) < 4.78 is 0. The lowest BCUT2D eigenvalue weighted by molar-refractivity contribution is 0.0655. The zero-order chi connectivity index (χ0) is 13.6. The Kier molecular flexibility index (Phi) is 6.61. The van der Waals surface area contributed by atoms with Crippen LogP contribution in [-0.2, 0) is 0 Å². The van der Waals surface area contributed by atoms with E-state index in [0.29, 0.717) is 6.04 Å². The van der Waals surface area contributed by atoms with E-state index in [1.54, 1.807) is 0 Å². The summed E-state index contributed by atoms with van der Waals surface area (Å²) in [4.78, 5) is 2.51. The van der Waals surface area contributed by atoms with Gasteiger partial charge in [-0.05, 0) is 45.2 Å². The van der Waals surface area contributed by atoms with Crippen molar-refractivity contribution in [1.29, 1.82) is 0 Å². The second-order valence-electron chi connectivity index (χ2n) is 6.17. The number of nitrogens with one attached hydrogen (secondary N) is 1. The van der Waals surface area contributed by atoms with E-state index in [-0.39, 0.29) is 12.1 Å². The van der Waals surface area contributed by atoms with Crippen LogP contribution in [0.5, 0.6) is 0 Å². The van der Waals surface area contributed by atoms with Crippen LogP contribution in [0.1, 0.15) is 52.9 Å². The van der Waals surface area contributed by atoms with Gasteiger partial charge in [0.15, 0.2) is 0 Å². The van der Waals surface area contributed by atoms with Crippen molar-refractivity contribution in [1.82, 2.24) is 10.2 Å². The molecule has 18 heavy (non-hydrogen) atoms. The fourth-order valence-electron chi connectivity index (χ4n) is 3.21. The fraction of sp³-hybridized carbons (Fsp3) is 1.00. The van der Waals surface area contributed by atoms with E-state index in [0.717, 1.165) is 25.3 Å². The number of hydrogen-bond acceptors (Lipinski definition) is 3. The van der Waals surface area contributed by atoms with Crippen LogP contribution in [0.15, 0.2) is 0 Å². The van der Waals surface area contributed by atoms with E-state index in [2.05, 4.69) is 38.0 Å². The van der Waals surface area contributed by atoms with E-state index in [1.165, 1.54) is 25.8 Å². The average Bonchev–Trinajstić information content (AvgIpc) is 2.39. The molecule has 1 fully saturated rings. The molecule has 1 aliphatic rings. The molecule has 3 nitrogen and oxygen atoms in total. The Bertz CT molecular complexity index is 231. The molecule has 0 aromatic rings. The lowest BCUT2D eigenvalue weighted by Crippen LogP contribution is -2.55. The standard InChI is InChI=1S/C15H32N2O/c1-5-13(3)11-17(4)14-8-7-9-15(10-14,12-18)16-6-2/h13-14,16,18H,5-12H2,1-4H3. The molecule has 0 aliphatic heterocycles. The number of likely N-dealkylation sites (N-methyl/N-ethyl adjacent to an activating group) is 1. The van der Waals surface area contributed by atoms with E-state index < -0.39 is 0 Å². The van der Waals surface area contributed by atoms with E-state index >= 15 is 0 Å². The number of rotatable bonds is 7. The highest BCUT2D eigenvalue weighted by Crippen LogP contribution is 2.31. The van der Waals surface area contributed by atoms with Crippen LogP contribution in [0.25, 0.3) is 0 Å². The molecule has 0 amide bonds. The highest BCUT2D eigenvalue weighted by atomic mass is 16.3. The topological polar surface area (TPSA) is 35.5 Å². The third-order valence-corrected chi connectivity index (χ3v) is 4.59. The van der Waals surface area contributed by atoms with E-state index in [1.807, 2.05) is 0 Å². The maximum atomic E-state index is 9.72.